The molecule has 0 aromatic rings. The van der Waals surface area contributed by atoms with Gasteiger partial charge in [-0.05, 0) is 89.9 Å². The van der Waals surface area contributed by atoms with Crippen LogP contribution in [0.15, 0.2) is 109 Å². The molecule has 9 heteroatoms. The number of rotatable bonds is 52. The van der Waals surface area contributed by atoms with Gasteiger partial charge in [-0.1, -0.05) is 264 Å². The predicted molar refractivity (Wildman–Crippen MR) is 322 cm³/mol. The second-order valence-electron chi connectivity index (χ2n) is 21.1. The maximum atomic E-state index is 13.1. The molecule has 1 rings (SSSR count). The highest BCUT2D eigenvalue weighted by atomic mass is 16.7. The number of aliphatic hydroxyl groups is 5. The molecular weight excluding hydrogens is 947 g/mol. The zero-order chi connectivity index (χ0) is 55.0. The Balaban J connectivity index is 2.10. The van der Waals surface area contributed by atoms with Crippen LogP contribution in [0.5, 0.6) is 0 Å². The van der Waals surface area contributed by atoms with E-state index in [1.165, 1.54) is 148 Å². The summed E-state index contributed by atoms with van der Waals surface area (Å²) in [5.74, 6) is -0.189. The second kappa shape index (κ2) is 55.2. The first kappa shape index (κ1) is 70.9. The van der Waals surface area contributed by atoms with E-state index < -0.39 is 49.5 Å². The molecule has 0 aromatic carbocycles. The summed E-state index contributed by atoms with van der Waals surface area (Å²) < 4.78 is 11.2. The minimum Gasteiger partial charge on any atom is -0.394 e. The van der Waals surface area contributed by atoms with Crippen LogP contribution in [0, 0.1) is 0 Å². The minimum absolute atomic E-state index is 0.189. The molecule has 0 radical (unpaired) electrons. The van der Waals surface area contributed by atoms with Crippen molar-refractivity contribution < 1.29 is 39.8 Å². The van der Waals surface area contributed by atoms with Gasteiger partial charge in [-0.2, -0.15) is 0 Å². The third-order valence-corrected chi connectivity index (χ3v) is 14.1. The van der Waals surface area contributed by atoms with E-state index in [0.717, 1.165) is 83.5 Å². The third kappa shape index (κ3) is 43.8. The van der Waals surface area contributed by atoms with E-state index in [1.807, 2.05) is 6.08 Å². The van der Waals surface area contributed by atoms with Crippen LogP contribution >= 0.6 is 0 Å². The standard InChI is InChI=1S/C67H115NO8/c1-3-5-7-9-11-13-15-17-19-20-21-22-23-24-25-26-27-28-29-30-31-32-33-34-35-36-37-38-39-40-41-42-43-45-47-49-51-53-55-57-63(71)68-60(59-75-67-66(74)65(73)64(72)62(58-69)76-67)61(70)56-54-52-50-48-46-44-18-16-14-12-10-8-6-4-2/h5,7,11,13,17,19,21-22,24-25,27-28,30-31,46,48,54,56,60-62,64-67,69-70,72-74H,3-4,6,8-10,12,14-16,18,20,23,26,29,32-45,47,49-53,55,57-59H2,1-2H3,(H,68,71)/b7-5-,13-11-,19-17-,22-21-,25-24-,28-27-,31-30-,48-46+,56-54+. The molecule has 1 fully saturated rings. The van der Waals surface area contributed by atoms with E-state index in [4.69, 9.17) is 9.47 Å². The van der Waals surface area contributed by atoms with Crippen LogP contribution in [0.4, 0.5) is 0 Å². The normalized spacial score (nSPS) is 19.6. The predicted octanol–water partition coefficient (Wildman–Crippen LogP) is 16.1. The van der Waals surface area contributed by atoms with E-state index >= 15 is 0 Å². The van der Waals surface area contributed by atoms with Crippen molar-refractivity contribution in [1.29, 1.82) is 0 Å². The Bertz CT molecular complexity index is 1560. The van der Waals surface area contributed by atoms with Crippen molar-refractivity contribution in [1.82, 2.24) is 5.32 Å². The van der Waals surface area contributed by atoms with Gasteiger partial charge in [-0.25, -0.2) is 0 Å². The molecule has 7 atom stereocenters. The van der Waals surface area contributed by atoms with Gasteiger partial charge in [0.25, 0.3) is 0 Å². The summed E-state index contributed by atoms with van der Waals surface area (Å²) in [5, 5.41) is 54.4. The first-order valence-corrected chi connectivity index (χ1v) is 31.1. The van der Waals surface area contributed by atoms with E-state index in [0.29, 0.717) is 6.42 Å². The molecule has 0 aliphatic carbocycles. The Morgan fingerprint density at radius 3 is 1.26 bits per heavy atom. The van der Waals surface area contributed by atoms with Crippen molar-refractivity contribution >= 4 is 5.91 Å². The number of ether oxygens (including phenoxy) is 2. The summed E-state index contributed by atoms with van der Waals surface area (Å²) >= 11 is 0. The summed E-state index contributed by atoms with van der Waals surface area (Å²) in [4.78, 5) is 13.1. The number of amides is 1. The van der Waals surface area contributed by atoms with Crippen LogP contribution in [-0.2, 0) is 14.3 Å². The lowest BCUT2D eigenvalue weighted by Gasteiger charge is -2.40. The zero-order valence-electron chi connectivity index (χ0n) is 48.5. The van der Waals surface area contributed by atoms with Gasteiger partial charge in [0, 0.05) is 6.42 Å². The maximum absolute atomic E-state index is 13.1. The Morgan fingerprint density at radius 1 is 0.461 bits per heavy atom. The lowest BCUT2D eigenvalue weighted by atomic mass is 9.99. The summed E-state index contributed by atoms with van der Waals surface area (Å²) in [6.45, 7) is 3.64. The van der Waals surface area contributed by atoms with Gasteiger partial charge < -0.3 is 40.3 Å². The summed E-state index contributed by atoms with van der Waals surface area (Å²) in [5.41, 5.74) is 0. The Hall–Kier alpha value is -3.15. The van der Waals surface area contributed by atoms with Gasteiger partial charge in [0.1, 0.15) is 24.4 Å². The fourth-order valence-corrected chi connectivity index (χ4v) is 9.21. The average Bonchev–Trinajstić information content (AvgIpc) is 3.42. The molecule has 1 heterocycles. The first-order valence-electron chi connectivity index (χ1n) is 31.1. The molecule has 436 valence electrons. The summed E-state index contributed by atoms with van der Waals surface area (Å²) in [6.07, 6.45) is 74.6. The van der Waals surface area contributed by atoms with Crippen molar-refractivity contribution in [2.24, 2.45) is 0 Å². The number of aliphatic hydroxyl groups excluding tert-OH is 5. The molecule has 1 aliphatic rings. The molecule has 0 spiro atoms. The molecule has 1 aliphatic heterocycles. The number of hydrogen-bond acceptors (Lipinski definition) is 8. The largest absolute Gasteiger partial charge is 0.394 e. The van der Waals surface area contributed by atoms with Crippen LogP contribution < -0.4 is 5.32 Å². The Labute approximate surface area is 466 Å². The molecule has 0 aromatic heterocycles. The topological polar surface area (TPSA) is 149 Å². The lowest BCUT2D eigenvalue weighted by Crippen LogP contribution is -2.60. The van der Waals surface area contributed by atoms with Crippen molar-refractivity contribution in [3.05, 3.63) is 109 Å². The fraction of sp³-hybridized carbons (Fsp3) is 0.716. The zero-order valence-corrected chi connectivity index (χ0v) is 48.5. The van der Waals surface area contributed by atoms with Crippen molar-refractivity contribution in [2.75, 3.05) is 13.2 Å². The monoisotopic (exact) mass is 1060 g/mol. The second-order valence-corrected chi connectivity index (χ2v) is 21.1. The van der Waals surface area contributed by atoms with Crippen molar-refractivity contribution in [2.45, 2.75) is 294 Å². The van der Waals surface area contributed by atoms with E-state index in [1.54, 1.807) is 6.08 Å². The summed E-state index contributed by atoms with van der Waals surface area (Å²) in [7, 11) is 0. The fourth-order valence-electron chi connectivity index (χ4n) is 9.21. The van der Waals surface area contributed by atoms with Gasteiger partial charge >= 0.3 is 0 Å². The first-order chi connectivity index (χ1) is 37.3. The molecule has 1 amide bonds. The lowest BCUT2D eigenvalue weighted by molar-refractivity contribution is -0.302. The molecule has 6 N–H and O–H groups in total. The van der Waals surface area contributed by atoms with Crippen molar-refractivity contribution in [3.63, 3.8) is 0 Å². The van der Waals surface area contributed by atoms with Crippen LogP contribution in [0.1, 0.15) is 251 Å². The number of nitrogens with one attached hydrogen (secondary N) is 1. The highest BCUT2D eigenvalue weighted by molar-refractivity contribution is 5.76. The van der Waals surface area contributed by atoms with Crippen molar-refractivity contribution in [3.8, 4) is 0 Å². The number of allylic oxidation sites excluding steroid dienone is 17. The van der Waals surface area contributed by atoms with E-state index in [9.17, 15) is 30.3 Å². The molecule has 0 bridgehead atoms. The van der Waals surface area contributed by atoms with E-state index in [-0.39, 0.29) is 12.5 Å². The number of hydrogen-bond donors (Lipinski definition) is 6. The molecule has 7 unspecified atom stereocenters. The van der Waals surface area contributed by atoms with E-state index in [2.05, 4.69) is 116 Å². The summed E-state index contributed by atoms with van der Waals surface area (Å²) in [6, 6.07) is -0.826. The Morgan fingerprint density at radius 2 is 0.829 bits per heavy atom. The van der Waals surface area contributed by atoms with Gasteiger partial charge in [0.05, 0.1) is 25.4 Å². The third-order valence-electron chi connectivity index (χ3n) is 14.1. The highest BCUT2D eigenvalue weighted by Crippen LogP contribution is 2.23. The molecule has 0 saturated carbocycles. The van der Waals surface area contributed by atoms with Crippen LogP contribution in [-0.4, -0.2) is 87.5 Å². The number of carbonyl (C=O) groups excluding carboxylic acids is 1. The maximum Gasteiger partial charge on any atom is 0.220 e. The molecule has 1 saturated heterocycles. The molecular formula is C67H115NO8. The number of carbonyl (C=O) groups is 1. The van der Waals surface area contributed by atoms with Crippen LogP contribution in [0.25, 0.3) is 0 Å². The van der Waals surface area contributed by atoms with Crippen LogP contribution in [0.3, 0.4) is 0 Å². The van der Waals surface area contributed by atoms with Crippen LogP contribution in [0.2, 0.25) is 0 Å². The minimum atomic E-state index is -1.58. The SMILES string of the molecule is CC/C=C\C/C=C\C/C=C\C/C=C\C/C=C\C/C=C\C/C=C\CCCCCCCCCCCCCCCCCCCC(=O)NC(COC1OC(CO)C(O)C(O)C1O)C(O)/C=C/CC/C=C/CCCCCCCCCC. The number of unbranched alkanes of at least 4 members (excludes halogenated alkanes) is 26. The average molecular weight is 1060 g/mol. The van der Waals surface area contributed by atoms with Gasteiger partial charge in [-0.15, -0.1) is 0 Å². The molecule has 76 heavy (non-hydrogen) atoms. The Kier molecular flexibility index (Phi) is 51.4. The van der Waals surface area contributed by atoms with Gasteiger partial charge in [0.15, 0.2) is 6.29 Å². The smallest absolute Gasteiger partial charge is 0.220 e. The van der Waals surface area contributed by atoms with Gasteiger partial charge in [-0.3, -0.25) is 4.79 Å². The molecule has 9 nitrogen and oxygen atoms in total. The quantitative estimate of drug-likeness (QED) is 0.0261. The highest BCUT2D eigenvalue weighted by Gasteiger charge is 2.44. The van der Waals surface area contributed by atoms with Gasteiger partial charge in [0.2, 0.25) is 5.91 Å².